The molecule has 1 aliphatic heterocycles. The fourth-order valence-corrected chi connectivity index (χ4v) is 3.25. The van der Waals surface area contributed by atoms with Crippen molar-refractivity contribution in [2.45, 2.75) is 38.0 Å². The predicted molar refractivity (Wildman–Crippen MR) is 49.9 cm³/mol. The van der Waals surface area contributed by atoms with Crippen molar-refractivity contribution in [3.8, 4) is 0 Å². The van der Waals surface area contributed by atoms with E-state index in [-0.39, 0.29) is 11.3 Å². The van der Waals surface area contributed by atoms with Crippen LogP contribution in [0.5, 0.6) is 0 Å². The van der Waals surface area contributed by atoms with E-state index in [4.69, 9.17) is 0 Å². The van der Waals surface area contributed by atoms with Crippen LogP contribution in [0.4, 0.5) is 0 Å². The van der Waals surface area contributed by atoms with Gasteiger partial charge in [0, 0.05) is 6.04 Å². The quantitative estimate of drug-likeness (QED) is 0.709. The Kier molecular flexibility index (Phi) is 3.12. The molecule has 0 aromatic rings. The van der Waals surface area contributed by atoms with Gasteiger partial charge in [0.15, 0.2) is 9.84 Å². The summed E-state index contributed by atoms with van der Waals surface area (Å²) in [5.41, 5.74) is 0. The van der Waals surface area contributed by atoms with Crippen molar-refractivity contribution in [2.24, 2.45) is 0 Å². The third kappa shape index (κ3) is 1.98. The number of sulfone groups is 1. The summed E-state index contributed by atoms with van der Waals surface area (Å²) in [7, 11) is -2.77. The van der Waals surface area contributed by atoms with Gasteiger partial charge in [-0.2, -0.15) is 0 Å². The molecule has 72 valence electrons. The fraction of sp³-hybridized carbons (Fsp3) is 1.00. The topological polar surface area (TPSA) is 46.2 Å². The van der Waals surface area contributed by atoms with Gasteiger partial charge in [-0.05, 0) is 26.3 Å². The Balaban J connectivity index is 2.50. The van der Waals surface area contributed by atoms with Gasteiger partial charge in [0.2, 0.25) is 0 Å². The first kappa shape index (κ1) is 9.99. The van der Waals surface area contributed by atoms with E-state index in [1.807, 2.05) is 0 Å². The second-order valence-electron chi connectivity index (χ2n) is 3.42. The van der Waals surface area contributed by atoms with Gasteiger partial charge in [0.05, 0.1) is 11.0 Å². The maximum absolute atomic E-state index is 11.3. The Hall–Kier alpha value is -0.0900. The number of hydrogen-bond acceptors (Lipinski definition) is 3. The highest BCUT2D eigenvalue weighted by atomic mass is 32.2. The van der Waals surface area contributed by atoms with Gasteiger partial charge < -0.3 is 5.32 Å². The molecule has 0 amide bonds. The van der Waals surface area contributed by atoms with E-state index in [2.05, 4.69) is 12.2 Å². The van der Waals surface area contributed by atoms with Crippen LogP contribution in [0.2, 0.25) is 0 Å². The second kappa shape index (κ2) is 3.75. The van der Waals surface area contributed by atoms with E-state index < -0.39 is 9.84 Å². The molecular weight excluding hydrogens is 174 g/mol. The monoisotopic (exact) mass is 191 g/mol. The number of nitrogens with one attached hydrogen (secondary N) is 1. The molecule has 0 bridgehead atoms. The molecular formula is C8H17NO2S. The average molecular weight is 191 g/mol. The minimum absolute atomic E-state index is 0.190. The predicted octanol–water partition coefficient (Wildman–Crippen LogP) is 0.562. The summed E-state index contributed by atoms with van der Waals surface area (Å²) in [4.78, 5) is 0. The highest BCUT2D eigenvalue weighted by Gasteiger charge is 2.35. The lowest BCUT2D eigenvalue weighted by Gasteiger charge is -2.14. The summed E-state index contributed by atoms with van der Waals surface area (Å²) >= 11 is 0. The van der Waals surface area contributed by atoms with Crippen LogP contribution in [-0.4, -0.2) is 32.0 Å². The van der Waals surface area contributed by atoms with Crippen LogP contribution in [0.25, 0.3) is 0 Å². The van der Waals surface area contributed by atoms with Gasteiger partial charge >= 0.3 is 0 Å². The van der Waals surface area contributed by atoms with Crippen molar-refractivity contribution >= 4 is 9.84 Å². The number of hydrogen-bond donors (Lipinski definition) is 1. The van der Waals surface area contributed by atoms with Crippen molar-refractivity contribution in [3.05, 3.63) is 0 Å². The second-order valence-corrected chi connectivity index (χ2v) is 5.90. The van der Waals surface area contributed by atoms with Crippen molar-refractivity contribution < 1.29 is 8.42 Å². The molecule has 0 spiro atoms. The van der Waals surface area contributed by atoms with Crippen LogP contribution >= 0.6 is 0 Å². The first-order valence-corrected chi connectivity index (χ1v) is 6.24. The fourth-order valence-electron chi connectivity index (χ4n) is 1.56. The molecule has 12 heavy (non-hydrogen) atoms. The summed E-state index contributed by atoms with van der Waals surface area (Å²) in [6, 6.07) is 0.190. The van der Waals surface area contributed by atoms with Crippen LogP contribution in [0.1, 0.15) is 26.7 Å². The summed E-state index contributed by atoms with van der Waals surface area (Å²) in [6.07, 6.45) is 1.84. The highest BCUT2D eigenvalue weighted by Crippen LogP contribution is 2.19. The third-order valence-corrected chi connectivity index (χ3v) is 4.77. The van der Waals surface area contributed by atoms with Crippen LogP contribution in [-0.2, 0) is 9.84 Å². The van der Waals surface area contributed by atoms with Gasteiger partial charge in [0.1, 0.15) is 0 Å². The molecule has 1 N–H and O–H groups in total. The average Bonchev–Trinajstić information content (AvgIpc) is 2.26. The lowest BCUT2D eigenvalue weighted by atomic mass is 10.2. The zero-order valence-electron chi connectivity index (χ0n) is 7.71. The lowest BCUT2D eigenvalue weighted by Crippen LogP contribution is -2.36. The third-order valence-electron chi connectivity index (χ3n) is 2.50. The van der Waals surface area contributed by atoms with Gasteiger partial charge in [-0.1, -0.05) is 6.92 Å². The molecule has 0 aromatic carbocycles. The van der Waals surface area contributed by atoms with Gasteiger partial charge in [-0.3, -0.25) is 0 Å². The molecule has 2 unspecified atom stereocenters. The highest BCUT2D eigenvalue weighted by molar-refractivity contribution is 7.92. The zero-order chi connectivity index (χ0) is 9.19. The summed E-state index contributed by atoms with van der Waals surface area (Å²) in [6.45, 7) is 4.81. The van der Waals surface area contributed by atoms with Gasteiger partial charge in [-0.15, -0.1) is 0 Å². The molecule has 0 radical (unpaired) electrons. The molecule has 1 rings (SSSR count). The van der Waals surface area contributed by atoms with E-state index in [1.54, 1.807) is 6.92 Å². The zero-order valence-corrected chi connectivity index (χ0v) is 8.52. The molecule has 1 aliphatic rings. The van der Waals surface area contributed by atoms with E-state index in [9.17, 15) is 8.42 Å². The molecule has 1 heterocycles. The Labute approximate surface area is 74.5 Å². The first-order chi connectivity index (χ1) is 5.58. The molecule has 3 nitrogen and oxygen atoms in total. The minimum atomic E-state index is -2.77. The van der Waals surface area contributed by atoms with E-state index >= 15 is 0 Å². The minimum Gasteiger partial charge on any atom is -0.313 e. The summed E-state index contributed by atoms with van der Waals surface area (Å²) in [5.74, 6) is 0.357. The van der Waals surface area contributed by atoms with Crippen molar-refractivity contribution in [1.82, 2.24) is 5.32 Å². The number of rotatable bonds is 3. The largest absolute Gasteiger partial charge is 0.313 e. The Morgan fingerprint density at radius 2 is 2.17 bits per heavy atom. The molecule has 0 aliphatic carbocycles. The summed E-state index contributed by atoms with van der Waals surface area (Å²) < 4.78 is 22.6. The Morgan fingerprint density at radius 1 is 1.50 bits per heavy atom. The standard InChI is InChI=1S/C8H17NO2S/c1-3-5-9-8-4-6-12(10,11)7(8)2/h7-9H,3-6H2,1-2H3. The van der Waals surface area contributed by atoms with Crippen LogP contribution < -0.4 is 5.32 Å². The van der Waals surface area contributed by atoms with Crippen LogP contribution in [0.3, 0.4) is 0 Å². The summed E-state index contributed by atoms with van der Waals surface area (Å²) in [5, 5.41) is 3.07. The molecule has 0 aromatic heterocycles. The first-order valence-electron chi connectivity index (χ1n) is 4.53. The van der Waals surface area contributed by atoms with Crippen molar-refractivity contribution in [1.29, 1.82) is 0 Å². The molecule has 4 heteroatoms. The van der Waals surface area contributed by atoms with Crippen LogP contribution in [0.15, 0.2) is 0 Å². The lowest BCUT2D eigenvalue weighted by molar-refractivity contribution is 0.505. The van der Waals surface area contributed by atoms with Crippen molar-refractivity contribution in [2.75, 3.05) is 12.3 Å². The van der Waals surface area contributed by atoms with Crippen LogP contribution in [0, 0.1) is 0 Å². The molecule has 1 fully saturated rings. The SMILES string of the molecule is CCCNC1CCS(=O)(=O)C1C. The molecule has 1 saturated heterocycles. The maximum atomic E-state index is 11.3. The van der Waals surface area contributed by atoms with Gasteiger partial charge in [-0.25, -0.2) is 8.42 Å². The normalized spacial score (nSPS) is 33.8. The van der Waals surface area contributed by atoms with E-state index in [0.717, 1.165) is 19.4 Å². The smallest absolute Gasteiger partial charge is 0.154 e. The van der Waals surface area contributed by atoms with Crippen molar-refractivity contribution in [3.63, 3.8) is 0 Å². The Bertz CT molecular complexity index is 235. The van der Waals surface area contributed by atoms with E-state index in [0.29, 0.717) is 5.75 Å². The molecule has 2 atom stereocenters. The van der Waals surface area contributed by atoms with E-state index in [1.165, 1.54) is 0 Å². The maximum Gasteiger partial charge on any atom is 0.154 e. The molecule has 0 saturated carbocycles. The van der Waals surface area contributed by atoms with Gasteiger partial charge in [0.25, 0.3) is 0 Å². The Morgan fingerprint density at radius 3 is 2.58 bits per heavy atom.